The van der Waals surface area contributed by atoms with E-state index in [-0.39, 0.29) is 5.91 Å². The predicted octanol–water partition coefficient (Wildman–Crippen LogP) is 3.32. The van der Waals surface area contributed by atoms with Crippen LogP contribution in [0.3, 0.4) is 0 Å². The number of para-hydroxylation sites is 1. The lowest BCUT2D eigenvalue weighted by atomic mass is 9.90. The maximum absolute atomic E-state index is 12.2. The molecule has 2 aromatic rings. The smallest absolute Gasteiger partial charge is 0.273 e. The topological polar surface area (TPSA) is 57.2 Å². The van der Waals surface area contributed by atoms with E-state index in [1.165, 1.54) is 25.7 Å². The van der Waals surface area contributed by atoms with Crippen molar-refractivity contribution in [3.05, 3.63) is 36.0 Å². The normalized spacial score (nSPS) is 27.7. The van der Waals surface area contributed by atoms with Gasteiger partial charge in [-0.25, -0.2) is 5.43 Å². The van der Waals surface area contributed by atoms with E-state index in [1.807, 2.05) is 30.5 Å². The Morgan fingerprint density at radius 3 is 3.00 bits per heavy atom. The third kappa shape index (κ3) is 2.24. The summed E-state index contributed by atoms with van der Waals surface area (Å²) in [6, 6.07) is 7.80. The summed E-state index contributed by atoms with van der Waals surface area (Å²) in [6.45, 7) is 0. The number of benzene rings is 1. The number of amides is 1. The van der Waals surface area contributed by atoms with Crippen molar-refractivity contribution in [3.8, 4) is 0 Å². The summed E-state index contributed by atoms with van der Waals surface area (Å²) in [4.78, 5) is 15.3. The Morgan fingerprint density at radius 1 is 1.29 bits per heavy atom. The van der Waals surface area contributed by atoms with E-state index in [0.29, 0.717) is 11.5 Å². The van der Waals surface area contributed by atoms with E-state index in [9.17, 15) is 4.79 Å². The molecule has 4 heteroatoms. The van der Waals surface area contributed by atoms with Crippen molar-refractivity contribution in [1.29, 1.82) is 0 Å². The number of carbonyl (C=O) groups excluding carboxylic acids is 1. The van der Waals surface area contributed by atoms with E-state index < -0.39 is 0 Å². The first kappa shape index (κ1) is 12.6. The molecule has 108 valence electrons. The number of H-pyrrole nitrogens is 1. The van der Waals surface area contributed by atoms with Gasteiger partial charge in [0.2, 0.25) is 0 Å². The van der Waals surface area contributed by atoms with Gasteiger partial charge in [-0.2, -0.15) is 5.10 Å². The van der Waals surface area contributed by atoms with Crippen molar-refractivity contribution in [2.24, 2.45) is 22.9 Å². The molecule has 2 N–H and O–H groups in total. The molecule has 1 amide bonds. The Bertz CT molecular complexity index is 703. The molecule has 2 aliphatic rings. The van der Waals surface area contributed by atoms with Gasteiger partial charge in [-0.3, -0.25) is 4.79 Å². The van der Waals surface area contributed by atoms with Gasteiger partial charge < -0.3 is 4.98 Å². The standard InChI is InChI=1S/C17H19N3O/c21-17(15-10-18-16-4-2-1-3-14(15)16)20-19-9-13-8-11-5-6-12(13)7-11/h1-4,9-13,18H,5-8H2,(H,20,21)/b19-9-/t11-,12+,13-/m1/s1. The molecule has 1 aromatic carbocycles. The molecule has 2 bridgehead atoms. The number of hydrazone groups is 1. The SMILES string of the molecule is O=C(N/N=C\[C@H]1C[C@@H]2CC[C@H]1C2)c1c[nH]c2ccccc12. The van der Waals surface area contributed by atoms with Gasteiger partial charge in [0.15, 0.2) is 0 Å². The van der Waals surface area contributed by atoms with Crippen molar-refractivity contribution < 1.29 is 4.79 Å². The van der Waals surface area contributed by atoms with E-state index >= 15 is 0 Å². The van der Waals surface area contributed by atoms with Gasteiger partial charge >= 0.3 is 0 Å². The molecular formula is C17H19N3O. The van der Waals surface area contributed by atoms with E-state index in [4.69, 9.17) is 0 Å². The van der Waals surface area contributed by atoms with E-state index in [0.717, 1.165) is 22.7 Å². The summed E-state index contributed by atoms with van der Waals surface area (Å²) < 4.78 is 0. The highest BCUT2D eigenvalue weighted by atomic mass is 16.2. The molecule has 0 unspecified atom stereocenters. The summed E-state index contributed by atoms with van der Waals surface area (Å²) in [7, 11) is 0. The minimum absolute atomic E-state index is 0.146. The van der Waals surface area contributed by atoms with Crippen molar-refractivity contribution in [3.63, 3.8) is 0 Å². The molecule has 3 atom stereocenters. The summed E-state index contributed by atoms with van der Waals surface area (Å²) in [5.41, 5.74) is 4.29. The van der Waals surface area contributed by atoms with Crippen LogP contribution in [0, 0.1) is 17.8 Å². The Balaban J connectivity index is 1.44. The van der Waals surface area contributed by atoms with Crippen LogP contribution in [0.5, 0.6) is 0 Å². The molecule has 0 radical (unpaired) electrons. The third-order valence-corrected chi connectivity index (χ3v) is 5.06. The highest BCUT2D eigenvalue weighted by molar-refractivity contribution is 6.06. The van der Waals surface area contributed by atoms with Gasteiger partial charge in [0, 0.05) is 23.3 Å². The largest absolute Gasteiger partial charge is 0.360 e. The van der Waals surface area contributed by atoms with Gasteiger partial charge in [-0.15, -0.1) is 0 Å². The molecule has 0 saturated heterocycles. The van der Waals surface area contributed by atoms with Crippen LogP contribution in [0.2, 0.25) is 0 Å². The first-order valence-corrected chi connectivity index (χ1v) is 7.71. The Morgan fingerprint density at radius 2 is 2.19 bits per heavy atom. The second-order valence-corrected chi connectivity index (χ2v) is 6.31. The van der Waals surface area contributed by atoms with Crippen LogP contribution in [0.4, 0.5) is 0 Å². The summed E-state index contributed by atoms with van der Waals surface area (Å²) in [5, 5.41) is 5.13. The summed E-state index contributed by atoms with van der Waals surface area (Å²) in [5.74, 6) is 2.11. The molecule has 4 rings (SSSR count). The molecule has 2 saturated carbocycles. The van der Waals surface area contributed by atoms with Gasteiger partial charge in [0.25, 0.3) is 5.91 Å². The van der Waals surface area contributed by atoms with Crippen LogP contribution in [0.15, 0.2) is 35.6 Å². The third-order valence-electron chi connectivity index (χ3n) is 5.06. The van der Waals surface area contributed by atoms with E-state index in [2.05, 4.69) is 15.5 Å². The van der Waals surface area contributed by atoms with Crippen molar-refractivity contribution >= 4 is 23.0 Å². The number of nitrogens with one attached hydrogen (secondary N) is 2. The number of hydrogen-bond donors (Lipinski definition) is 2. The Kier molecular flexibility index (Phi) is 3.02. The minimum atomic E-state index is -0.146. The zero-order valence-electron chi connectivity index (χ0n) is 11.9. The molecular weight excluding hydrogens is 262 g/mol. The second kappa shape index (κ2) is 5.02. The second-order valence-electron chi connectivity index (χ2n) is 6.31. The van der Waals surface area contributed by atoms with Crippen LogP contribution in [0.25, 0.3) is 10.9 Å². The van der Waals surface area contributed by atoms with Crippen LogP contribution in [-0.2, 0) is 0 Å². The fourth-order valence-corrected chi connectivity index (χ4v) is 3.99. The molecule has 1 heterocycles. The molecule has 21 heavy (non-hydrogen) atoms. The summed E-state index contributed by atoms with van der Waals surface area (Å²) >= 11 is 0. The Hall–Kier alpha value is -2.10. The van der Waals surface area contributed by atoms with Crippen molar-refractivity contribution in [2.75, 3.05) is 0 Å². The molecule has 2 fully saturated rings. The molecule has 1 aromatic heterocycles. The number of hydrogen-bond acceptors (Lipinski definition) is 2. The average Bonchev–Trinajstić information content (AvgIpc) is 3.21. The average molecular weight is 281 g/mol. The lowest BCUT2D eigenvalue weighted by Gasteiger charge is -2.16. The number of fused-ring (bicyclic) bond motifs is 3. The van der Waals surface area contributed by atoms with Crippen LogP contribution < -0.4 is 5.43 Å². The zero-order chi connectivity index (χ0) is 14.2. The zero-order valence-corrected chi connectivity index (χ0v) is 11.9. The molecule has 4 nitrogen and oxygen atoms in total. The first-order valence-electron chi connectivity index (χ1n) is 7.71. The van der Waals surface area contributed by atoms with Gasteiger partial charge in [-0.1, -0.05) is 24.6 Å². The lowest BCUT2D eigenvalue weighted by molar-refractivity contribution is 0.0956. The maximum Gasteiger partial charge on any atom is 0.273 e. The fraction of sp³-hybridized carbons (Fsp3) is 0.412. The van der Waals surface area contributed by atoms with Crippen LogP contribution in [0.1, 0.15) is 36.0 Å². The fourth-order valence-electron chi connectivity index (χ4n) is 3.99. The van der Waals surface area contributed by atoms with Gasteiger partial charge in [0.05, 0.1) is 5.56 Å². The maximum atomic E-state index is 12.2. The number of nitrogens with zero attached hydrogens (tertiary/aromatic N) is 1. The van der Waals surface area contributed by atoms with Crippen molar-refractivity contribution in [2.45, 2.75) is 25.7 Å². The number of carbonyl (C=O) groups is 1. The first-order chi connectivity index (χ1) is 10.3. The molecule has 2 aliphatic carbocycles. The van der Waals surface area contributed by atoms with Crippen molar-refractivity contribution in [1.82, 2.24) is 10.4 Å². The van der Waals surface area contributed by atoms with Gasteiger partial charge in [0.1, 0.15) is 0 Å². The Labute approximate surface area is 123 Å². The number of aromatic nitrogens is 1. The van der Waals surface area contributed by atoms with Gasteiger partial charge in [-0.05, 0) is 43.1 Å². The lowest BCUT2D eigenvalue weighted by Crippen LogP contribution is -2.19. The van der Waals surface area contributed by atoms with E-state index in [1.54, 1.807) is 6.20 Å². The number of aromatic amines is 1. The highest BCUT2D eigenvalue weighted by Crippen LogP contribution is 2.47. The summed E-state index contributed by atoms with van der Waals surface area (Å²) in [6.07, 6.45) is 9.02. The van der Waals surface area contributed by atoms with Crippen LogP contribution in [-0.4, -0.2) is 17.1 Å². The van der Waals surface area contributed by atoms with Crippen LogP contribution >= 0.6 is 0 Å². The minimum Gasteiger partial charge on any atom is -0.360 e. The quantitative estimate of drug-likeness (QED) is 0.658. The highest BCUT2D eigenvalue weighted by Gasteiger charge is 2.38. The monoisotopic (exact) mass is 281 g/mol. The molecule has 0 spiro atoms. The number of rotatable bonds is 3. The molecule has 0 aliphatic heterocycles. The predicted molar refractivity (Wildman–Crippen MR) is 83.2 cm³/mol.